The highest BCUT2D eigenvalue weighted by Gasteiger charge is 2.35. The zero-order valence-electron chi connectivity index (χ0n) is 8.38. The maximum atomic E-state index is 10.9. The van der Waals surface area contributed by atoms with E-state index < -0.39 is 24.6 Å². The van der Waals surface area contributed by atoms with Crippen molar-refractivity contribution in [1.82, 2.24) is 4.90 Å². The van der Waals surface area contributed by atoms with Crippen LogP contribution < -0.4 is 5.82 Å². The number of hydrogen-bond donors (Lipinski definition) is 2. The summed E-state index contributed by atoms with van der Waals surface area (Å²) in [5.74, 6) is -0.799. The molecule has 1 atom stereocenters. The Morgan fingerprint density at radius 1 is 1.50 bits per heavy atom. The van der Waals surface area contributed by atoms with Gasteiger partial charge in [0.1, 0.15) is 6.61 Å². The zero-order valence-corrected chi connectivity index (χ0v) is 8.38. The molecule has 0 aliphatic carbocycles. The van der Waals surface area contributed by atoms with Gasteiger partial charge in [-0.25, -0.2) is 9.59 Å². The Balaban J connectivity index is 2.35. The smallest absolute Gasteiger partial charge is 0.465 e. The molecular weight excluding hydrogens is 218 g/mol. The van der Waals surface area contributed by atoms with Gasteiger partial charge in [-0.2, -0.15) is 0 Å². The SMILES string of the molecule is O=C(O)N1CCCC1c1oc(=O)oc1CO. The number of rotatable bonds is 2. The van der Waals surface area contributed by atoms with Gasteiger partial charge in [0.2, 0.25) is 0 Å². The average molecular weight is 229 g/mol. The molecule has 1 aromatic heterocycles. The first-order valence-corrected chi connectivity index (χ1v) is 4.86. The minimum absolute atomic E-state index is 0.00292. The number of amides is 1. The predicted octanol–water partition coefficient (Wildman–Crippen LogP) is 0.540. The Bertz CT molecular complexity index is 447. The van der Waals surface area contributed by atoms with Crippen molar-refractivity contribution in [3.63, 3.8) is 0 Å². The molecular formula is C9H11NO6. The van der Waals surface area contributed by atoms with Gasteiger partial charge >= 0.3 is 11.9 Å². The summed E-state index contributed by atoms with van der Waals surface area (Å²) in [6, 6.07) is -0.536. The van der Waals surface area contributed by atoms with Crippen LogP contribution in [0.5, 0.6) is 0 Å². The van der Waals surface area contributed by atoms with Crippen LogP contribution in [0.2, 0.25) is 0 Å². The second-order valence-electron chi connectivity index (χ2n) is 3.53. The van der Waals surface area contributed by atoms with E-state index >= 15 is 0 Å². The van der Waals surface area contributed by atoms with Crippen molar-refractivity contribution in [2.24, 2.45) is 0 Å². The predicted molar refractivity (Wildman–Crippen MR) is 49.9 cm³/mol. The normalized spacial score (nSPS) is 20.3. The first-order valence-electron chi connectivity index (χ1n) is 4.86. The van der Waals surface area contributed by atoms with E-state index in [0.29, 0.717) is 19.4 Å². The molecule has 0 bridgehead atoms. The summed E-state index contributed by atoms with van der Waals surface area (Å²) in [5.41, 5.74) is 0. The molecule has 7 heteroatoms. The lowest BCUT2D eigenvalue weighted by Gasteiger charge is -2.19. The minimum atomic E-state index is -1.07. The van der Waals surface area contributed by atoms with Gasteiger partial charge in [0.05, 0.1) is 6.04 Å². The third kappa shape index (κ3) is 1.69. The van der Waals surface area contributed by atoms with E-state index in [4.69, 9.17) is 14.6 Å². The summed E-state index contributed by atoms with van der Waals surface area (Å²) in [6.07, 6.45) is 0.175. The number of aliphatic hydroxyl groups is 1. The average Bonchev–Trinajstić information content (AvgIpc) is 2.82. The van der Waals surface area contributed by atoms with Crippen LogP contribution in [-0.4, -0.2) is 27.8 Å². The van der Waals surface area contributed by atoms with Crippen LogP contribution in [0, 0.1) is 0 Å². The molecule has 2 N–H and O–H groups in total. The van der Waals surface area contributed by atoms with Crippen LogP contribution >= 0.6 is 0 Å². The summed E-state index contributed by atoms with van der Waals surface area (Å²) in [4.78, 5) is 23.0. The van der Waals surface area contributed by atoms with Crippen molar-refractivity contribution < 1.29 is 23.8 Å². The Morgan fingerprint density at radius 2 is 2.25 bits per heavy atom. The van der Waals surface area contributed by atoms with E-state index in [2.05, 4.69) is 4.42 Å². The number of aliphatic hydroxyl groups excluding tert-OH is 1. The van der Waals surface area contributed by atoms with E-state index in [1.807, 2.05) is 0 Å². The summed E-state index contributed by atoms with van der Waals surface area (Å²) in [7, 11) is 0. The van der Waals surface area contributed by atoms with Gasteiger partial charge in [0.15, 0.2) is 11.5 Å². The van der Waals surface area contributed by atoms with E-state index in [0.717, 1.165) is 0 Å². The fourth-order valence-electron chi connectivity index (χ4n) is 1.95. The molecule has 88 valence electrons. The van der Waals surface area contributed by atoms with Crippen molar-refractivity contribution in [3.05, 3.63) is 22.1 Å². The highest BCUT2D eigenvalue weighted by atomic mass is 16.6. The molecule has 1 aliphatic heterocycles. The van der Waals surface area contributed by atoms with Crippen LogP contribution in [0.3, 0.4) is 0 Å². The first kappa shape index (κ1) is 10.7. The van der Waals surface area contributed by atoms with E-state index in [-0.39, 0.29) is 11.5 Å². The standard InChI is InChI=1S/C9H11NO6/c11-4-6-7(16-9(14)15-6)5-2-1-3-10(5)8(12)13/h5,11H,1-4H2,(H,12,13). The molecule has 1 aromatic rings. The van der Waals surface area contributed by atoms with E-state index in [1.165, 1.54) is 4.90 Å². The van der Waals surface area contributed by atoms with Crippen LogP contribution in [0.1, 0.15) is 30.4 Å². The molecule has 2 rings (SSSR count). The van der Waals surface area contributed by atoms with Crippen molar-refractivity contribution in [3.8, 4) is 0 Å². The van der Waals surface area contributed by atoms with Crippen molar-refractivity contribution in [2.45, 2.75) is 25.5 Å². The lowest BCUT2D eigenvalue weighted by atomic mass is 10.1. The molecule has 16 heavy (non-hydrogen) atoms. The second-order valence-corrected chi connectivity index (χ2v) is 3.53. The maximum Gasteiger partial charge on any atom is 0.519 e. The van der Waals surface area contributed by atoms with Crippen molar-refractivity contribution in [2.75, 3.05) is 6.54 Å². The number of nitrogens with zero attached hydrogens (tertiary/aromatic N) is 1. The molecule has 0 aromatic carbocycles. The lowest BCUT2D eigenvalue weighted by molar-refractivity contribution is 0.133. The number of hydrogen-bond acceptors (Lipinski definition) is 5. The molecule has 1 unspecified atom stereocenters. The van der Waals surface area contributed by atoms with Gasteiger partial charge < -0.3 is 19.0 Å². The molecule has 1 aliphatic rings. The zero-order chi connectivity index (χ0) is 11.7. The summed E-state index contributed by atoms with van der Waals surface area (Å²) in [6.45, 7) is -0.0925. The summed E-state index contributed by atoms with van der Waals surface area (Å²) in [5, 5.41) is 17.9. The van der Waals surface area contributed by atoms with Gasteiger partial charge in [-0.15, -0.1) is 0 Å². The number of likely N-dealkylation sites (tertiary alicyclic amines) is 1. The van der Waals surface area contributed by atoms with Gasteiger partial charge in [0, 0.05) is 6.54 Å². The minimum Gasteiger partial charge on any atom is -0.465 e. The monoisotopic (exact) mass is 229 g/mol. The Hall–Kier alpha value is -1.76. The third-order valence-corrected chi connectivity index (χ3v) is 2.62. The molecule has 1 fully saturated rings. The number of carbonyl (C=O) groups is 1. The maximum absolute atomic E-state index is 10.9. The van der Waals surface area contributed by atoms with E-state index in [9.17, 15) is 9.59 Å². The molecule has 7 nitrogen and oxygen atoms in total. The third-order valence-electron chi connectivity index (χ3n) is 2.62. The Kier molecular flexibility index (Phi) is 2.69. The highest BCUT2D eigenvalue weighted by molar-refractivity contribution is 5.66. The number of carboxylic acid groups (broad SMARTS) is 1. The fraction of sp³-hybridized carbons (Fsp3) is 0.556. The summed E-state index contributed by atoms with van der Waals surface area (Å²) >= 11 is 0. The van der Waals surface area contributed by atoms with Crippen molar-refractivity contribution in [1.29, 1.82) is 0 Å². The molecule has 1 saturated heterocycles. The fourth-order valence-corrected chi connectivity index (χ4v) is 1.95. The summed E-state index contributed by atoms with van der Waals surface area (Å²) < 4.78 is 9.40. The van der Waals surface area contributed by atoms with Gasteiger partial charge in [0.25, 0.3) is 0 Å². The second kappa shape index (κ2) is 4.01. The van der Waals surface area contributed by atoms with E-state index in [1.54, 1.807) is 0 Å². The van der Waals surface area contributed by atoms with Gasteiger partial charge in [-0.05, 0) is 12.8 Å². The quantitative estimate of drug-likeness (QED) is 0.766. The van der Waals surface area contributed by atoms with Crippen molar-refractivity contribution >= 4 is 6.09 Å². The molecule has 0 spiro atoms. The first-order chi connectivity index (χ1) is 7.63. The largest absolute Gasteiger partial charge is 0.519 e. The van der Waals surface area contributed by atoms with Crippen LogP contribution in [0.4, 0.5) is 4.79 Å². The van der Waals surface area contributed by atoms with Gasteiger partial charge in [-0.3, -0.25) is 4.90 Å². The van der Waals surface area contributed by atoms with Gasteiger partial charge in [-0.1, -0.05) is 0 Å². The lowest BCUT2D eigenvalue weighted by Crippen LogP contribution is -2.29. The molecule has 2 heterocycles. The van der Waals surface area contributed by atoms with Crippen LogP contribution in [0.25, 0.3) is 0 Å². The van der Waals surface area contributed by atoms with Crippen LogP contribution in [-0.2, 0) is 6.61 Å². The Labute approximate surface area is 89.9 Å². The van der Waals surface area contributed by atoms with Crippen LogP contribution in [0.15, 0.2) is 13.6 Å². The Morgan fingerprint density at radius 3 is 2.88 bits per heavy atom. The molecule has 1 amide bonds. The topological polar surface area (TPSA) is 104 Å². The molecule has 0 radical (unpaired) electrons. The highest BCUT2D eigenvalue weighted by Crippen LogP contribution is 2.33. The molecule has 0 saturated carbocycles.